The van der Waals surface area contributed by atoms with Crippen LogP contribution in [0.1, 0.15) is 19.4 Å². The van der Waals surface area contributed by atoms with E-state index in [-0.39, 0.29) is 6.09 Å². The summed E-state index contributed by atoms with van der Waals surface area (Å²) in [6, 6.07) is 18.3. The molecule has 2 aromatic carbocycles. The maximum absolute atomic E-state index is 11.7. The Labute approximate surface area is 126 Å². The fourth-order valence-electron chi connectivity index (χ4n) is 2.06. The lowest BCUT2D eigenvalue weighted by Gasteiger charge is -2.27. The van der Waals surface area contributed by atoms with Gasteiger partial charge in [-0.3, -0.25) is 0 Å². The maximum atomic E-state index is 11.7. The summed E-state index contributed by atoms with van der Waals surface area (Å²) in [6.07, 6.45) is -0.341. The molecule has 3 nitrogen and oxygen atoms in total. The molecular formula is C18H21NO2. The average Bonchev–Trinajstić information content (AvgIpc) is 2.48. The van der Waals surface area contributed by atoms with Gasteiger partial charge in [0.05, 0.1) is 0 Å². The molecule has 3 heteroatoms. The molecule has 2 rings (SSSR count). The molecule has 0 saturated heterocycles. The number of hydrogen-bond donors (Lipinski definition) is 0. The van der Waals surface area contributed by atoms with Gasteiger partial charge in [0.15, 0.2) is 0 Å². The highest BCUT2D eigenvalue weighted by molar-refractivity contribution is 5.68. The summed E-state index contributed by atoms with van der Waals surface area (Å²) in [6.45, 7) is 3.79. The number of ether oxygens (including phenoxy) is 1. The minimum atomic E-state index is -0.656. The van der Waals surface area contributed by atoms with Crippen molar-refractivity contribution < 1.29 is 9.53 Å². The third-order valence-electron chi connectivity index (χ3n) is 3.39. The third kappa shape index (κ3) is 3.63. The Morgan fingerprint density at radius 1 is 0.905 bits per heavy atom. The molecule has 0 bridgehead atoms. The second kappa shape index (κ2) is 6.00. The fourth-order valence-corrected chi connectivity index (χ4v) is 2.06. The average molecular weight is 283 g/mol. The van der Waals surface area contributed by atoms with Crippen molar-refractivity contribution in [3.63, 3.8) is 0 Å². The second-order valence-corrected chi connectivity index (χ2v) is 5.72. The number of nitrogens with zero attached hydrogens (tertiary/aromatic N) is 1. The quantitative estimate of drug-likeness (QED) is 0.841. The van der Waals surface area contributed by atoms with Crippen LogP contribution in [0.5, 0.6) is 0 Å². The van der Waals surface area contributed by atoms with Gasteiger partial charge in [0.1, 0.15) is 5.60 Å². The summed E-state index contributed by atoms with van der Waals surface area (Å²) in [5, 5.41) is 0. The largest absolute Gasteiger partial charge is 0.439 e. The van der Waals surface area contributed by atoms with Crippen LogP contribution < -0.4 is 0 Å². The number of amides is 1. The molecule has 0 N–H and O–H groups in total. The van der Waals surface area contributed by atoms with Gasteiger partial charge in [0.25, 0.3) is 0 Å². The number of carbonyl (C=O) groups is 1. The SMILES string of the molecule is CN(C)C(=O)OC(C)(C)c1ccc(-c2ccccc2)cc1. The monoisotopic (exact) mass is 283 g/mol. The third-order valence-corrected chi connectivity index (χ3v) is 3.39. The summed E-state index contributed by atoms with van der Waals surface area (Å²) in [7, 11) is 3.35. The molecule has 0 atom stereocenters. The van der Waals surface area contributed by atoms with Crippen molar-refractivity contribution in [3.8, 4) is 11.1 Å². The molecule has 2 aromatic rings. The first-order valence-electron chi connectivity index (χ1n) is 6.96. The van der Waals surface area contributed by atoms with Crippen molar-refractivity contribution in [2.75, 3.05) is 14.1 Å². The molecule has 0 spiro atoms. The first-order valence-corrected chi connectivity index (χ1v) is 6.96. The predicted molar refractivity (Wildman–Crippen MR) is 85.1 cm³/mol. The molecule has 0 aliphatic carbocycles. The zero-order chi connectivity index (χ0) is 15.5. The van der Waals surface area contributed by atoms with Crippen LogP contribution in [0.25, 0.3) is 11.1 Å². The molecule has 0 aliphatic heterocycles. The molecule has 0 unspecified atom stereocenters. The summed E-state index contributed by atoms with van der Waals surface area (Å²) in [5.74, 6) is 0. The molecule has 0 aromatic heterocycles. The Morgan fingerprint density at radius 3 is 1.95 bits per heavy atom. The van der Waals surface area contributed by atoms with Gasteiger partial charge < -0.3 is 9.64 Å². The topological polar surface area (TPSA) is 29.5 Å². The van der Waals surface area contributed by atoms with Crippen LogP contribution in [0.2, 0.25) is 0 Å². The molecule has 1 amide bonds. The van der Waals surface area contributed by atoms with Gasteiger partial charge in [0.2, 0.25) is 0 Å². The van der Waals surface area contributed by atoms with Crippen LogP contribution in [-0.4, -0.2) is 25.1 Å². The highest BCUT2D eigenvalue weighted by Gasteiger charge is 2.26. The van der Waals surface area contributed by atoms with Crippen LogP contribution >= 0.6 is 0 Å². The Bertz CT molecular complexity index is 601. The smallest absolute Gasteiger partial charge is 0.410 e. The number of carbonyl (C=O) groups excluding carboxylic acids is 1. The van der Waals surface area contributed by atoms with Gasteiger partial charge in [-0.25, -0.2) is 4.79 Å². The molecular weight excluding hydrogens is 262 g/mol. The molecule has 0 heterocycles. The Kier molecular flexibility index (Phi) is 4.32. The first kappa shape index (κ1) is 15.1. The lowest BCUT2D eigenvalue weighted by Crippen LogP contribution is -2.32. The van der Waals surface area contributed by atoms with E-state index in [1.54, 1.807) is 14.1 Å². The van der Waals surface area contributed by atoms with Gasteiger partial charge >= 0.3 is 6.09 Å². The van der Waals surface area contributed by atoms with Crippen molar-refractivity contribution in [2.24, 2.45) is 0 Å². The molecule has 0 radical (unpaired) electrons. The molecule has 110 valence electrons. The Hall–Kier alpha value is -2.29. The zero-order valence-corrected chi connectivity index (χ0v) is 13.0. The van der Waals surface area contributed by atoms with Crippen molar-refractivity contribution >= 4 is 6.09 Å². The van der Waals surface area contributed by atoms with Gasteiger partial charge in [-0.2, -0.15) is 0 Å². The predicted octanol–water partition coefficient (Wildman–Crippen LogP) is 4.29. The van der Waals surface area contributed by atoms with Crippen molar-refractivity contribution in [1.29, 1.82) is 0 Å². The highest BCUT2D eigenvalue weighted by Crippen LogP contribution is 2.28. The zero-order valence-electron chi connectivity index (χ0n) is 13.0. The lowest BCUT2D eigenvalue weighted by molar-refractivity contribution is 0.0191. The molecule has 0 fully saturated rings. The van der Waals surface area contributed by atoms with Crippen LogP contribution in [-0.2, 0) is 10.3 Å². The molecule has 0 saturated carbocycles. The Morgan fingerprint density at radius 2 is 1.43 bits per heavy atom. The first-order chi connectivity index (χ1) is 9.90. The van der Waals surface area contributed by atoms with Crippen LogP contribution in [0.15, 0.2) is 54.6 Å². The van der Waals surface area contributed by atoms with E-state index in [1.165, 1.54) is 10.5 Å². The fraction of sp³-hybridized carbons (Fsp3) is 0.278. The minimum absolute atomic E-state index is 0.341. The van der Waals surface area contributed by atoms with Crippen LogP contribution in [0.4, 0.5) is 4.79 Å². The molecule has 0 aliphatic rings. The van der Waals surface area contributed by atoms with E-state index in [0.29, 0.717) is 0 Å². The van der Waals surface area contributed by atoms with Gasteiger partial charge in [-0.05, 0) is 30.5 Å². The number of hydrogen-bond acceptors (Lipinski definition) is 2. The lowest BCUT2D eigenvalue weighted by atomic mass is 9.95. The second-order valence-electron chi connectivity index (χ2n) is 5.72. The van der Waals surface area contributed by atoms with E-state index in [0.717, 1.165) is 11.1 Å². The summed E-state index contributed by atoms with van der Waals surface area (Å²) < 4.78 is 5.52. The minimum Gasteiger partial charge on any atom is -0.439 e. The van der Waals surface area contributed by atoms with Crippen molar-refractivity contribution in [2.45, 2.75) is 19.4 Å². The van der Waals surface area contributed by atoms with E-state index < -0.39 is 5.60 Å². The standard InChI is InChI=1S/C18H21NO2/c1-18(2,21-17(20)19(3)4)16-12-10-15(11-13-16)14-8-6-5-7-9-14/h5-13H,1-4H3. The summed E-state index contributed by atoms with van der Waals surface area (Å²) in [4.78, 5) is 13.2. The number of benzene rings is 2. The maximum Gasteiger partial charge on any atom is 0.410 e. The van der Waals surface area contributed by atoms with Crippen molar-refractivity contribution in [1.82, 2.24) is 4.90 Å². The number of rotatable bonds is 3. The van der Waals surface area contributed by atoms with E-state index in [4.69, 9.17) is 4.74 Å². The summed E-state index contributed by atoms with van der Waals surface area (Å²) >= 11 is 0. The van der Waals surface area contributed by atoms with Gasteiger partial charge in [0, 0.05) is 14.1 Å². The van der Waals surface area contributed by atoms with E-state index in [9.17, 15) is 4.79 Å². The normalized spacial score (nSPS) is 11.0. The highest BCUT2D eigenvalue weighted by atomic mass is 16.6. The van der Waals surface area contributed by atoms with Crippen LogP contribution in [0.3, 0.4) is 0 Å². The van der Waals surface area contributed by atoms with Crippen molar-refractivity contribution in [3.05, 3.63) is 60.2 Å². The van der Waals surface area contributed by atoms with Gasteiger partial charge in [-0.15, -0.1) is 0 Å². The summed E-state index contributed by atoms with van der Waals surface area (Å²) in [5.41, 5.74) is 2.63. The van der Waals surface area contributed by atoms with E-state index in [1.807, 2.05) is 44.2 Å². The molecule has 21 heavy (non-hydrogen) atoms. The van der Waals surface area contributed by atoms with E-state index >= 15 is 0 Å². The van der Waals surface area contributed by atoms with E-state index in [2.05, 4.69) is 24.3 Å². The Balaban J connectivity index is 2.20. The van der Waals surface area contributed by atoms with Crippen LogP contribution in [0, 0.1) is 0 Å². The van der Waals surface area contributed by atoms with Gasteiger partial charge in [-0.1, -0.05) is 54.6 Å².